The minimum absolute atomic E-state index is 0.0127. The third kappa shape index (κ3) is 8.08. The fraction of sp³-hybridized carbons (Fsp3) is 0.519. The number of hydrogen-bond acceptors (Lipinski definition) is 6. The summed E-state index contributed by atoms with van der Waals surface area (Å²) in [5.41, 5.74) is 0.467. The van der Waals surface area contributed by atoms with Gasteiger partial charge in [0.05, 0.1) is 0 Å². The molecule has 1 aromatic heterocycles. The average molecular weight is 548 g/mol. The summed E-state index contributed by atoms with van der Waals surface area (Å²) in [6.45, 7) is 7.16. The fourth-order valence-electron chi connectivity index (χ4n) is 4.19. The summed E-state index contributed by atoms with van der Waals surface area (Å²) in [6, 6.07) is 1.06. The van der Waals surface area contributed by atoms with Gasteiger partial charge in [0, 0.05) is 13.0 Å². The van der Waals surface area contributed by atoms with Crippen LogP contribution in [0.25, 0.3) is 0 Å². The predicted octanol–water partition coefficient (Wildman–Crippen LogP) is 2.61. The van der Waals surface area contributed by atoms with Crippen LogP contribution in [0.3, 0.4) is 0 Å². The number of aromatic nitrogens is 1. The second-order valence-corrected chi connectivity index (χ2v) is 10.0. The number of hydrogen-bond donors (Lipinski definition) is 4. The lowest BCUT2D eigenvalue weighted by molar-refractivity contribution is -0.130. The van der Waals surface area contributed by atoms with Crippen molar-refractivity contribution in [3.63, 3.8) is 0 Å². The largest absolute Gasteiger partial charge is 0.443 e. The van der Waals surface area contributed by atoms with Crippen LogP contribution in [0.4, 0.5) is 8.78 Å². The number of oxazole rings is 1. The molecular formula is C27H35F2N5O5. The van der Waals surface area contributed by atoms with E-state index in [1.54, 1.807) is 13.8 Å². The van der Waals surface area contributed by atoms with Gasteiger partial charge in [0.1, 0.15) is 23.9 Å². The zero-order chi connectivity index (χ0) is 28.7. The number of carbonyl (C=O) groups excluding carboxylic acids is 4. The van der Waals surface area contributed by atoms with Crippen LogP contribution in [0, 0.1) is 24.5 Å². The molecule has 2 bridgehead atoms. The Kier molecular flexibility index (Phi) is 10.1. The molecule has 4 amide bonds. The Labute approximate surface area is 225 Å². The van der Waals surface area contributed by atoms with Gasteiger partial charge in [-0.15, -0.1) is 0 Å². The standard InChI is InChI=1S/C27H35F2N5O5/c1-14(2)22-27-34-23(16(4)39-27)26(38)31-15(3)24(36)30-12-6-5-7-20(25(37)33-22)32-21(35)11-9-17-8-10-18(28)19(29)13-17/h8,10,13-15,20,22H,5-7,9,11-12H2,1-4H3,(H,30,36)(H,31,38)(H,32,35)(H,33,37)/t15-,20+,22+/m1/s1. The van der Waals surface area contributed by atoms with E-state index in [1.807, 2.05) is 13.8 Å². The molecular weight excluding hydrogens is 512 g/mol. The zero-order valence-corrected chi connectivity index (χ0v) is 22.5. The van der Waals surface area contributed by atoms with Gasteiger partial charge < -0.3 is 25.7 Å². The van der Waals surface area contributed by atoms with Crippen molar-refractivity contribution >= 4 is 23.6 Å². The van der Waals surface area contributed by atoms with E-state index >= 15 is 0 Å². The molecule has 0 radical (unpaired) electrons. The Morgan fingerprint density at radius 1 is 1.13 bits per heavy atom. The lowest BCUT2D eigenvalue weighted by Crippen LogP contribution is -2.48. The van der Waals surface area contributed by atoms with Crippen molar-refractivity contribution in [2.24, 2.45) is 5.92 Å². The van der Waals surface area contributed by atoms with Gasteiger partial charge in [-0.2, -0.15) is 0 Å². The molecule has 10 nitrogen and oxygen atoms in total. The highest BCUT2D eigenvalue weighted by atomic mass is 19.2. The van der Waals surface area contributed by atoms with E-state index in [0.717, 1.165) is 12.1 Å². The number of aryl methyl sites for hydroxylation is 2. The average Bonchev–Trinajstić information content (AvgIpc) is 3.27. The first-order chi connectivity index (χ1) is 18.5. The van der Waals surface area contributed by atoms with Crippen molar-refractivity contribution in [2.45, 2.75) is 77.9 Å². The summed E-state index contributed by atoms with van der Waals surface area (Å²) in [4.78, 5) is 55.5. The molecule has 4 N–H and O–H groups in total. The first kappa shape index (κ1) is 29.7. The van der Waals surface area contributed by atoms with Gasteiger partial charge in [-0.25, -0.2) is 13.8 Å². The SMILES string of the molecule is Cc1oc2nc1C(=O)N[C@H](C)C(=O)NCCCC[C@H](NC(=O)CCc1ccc(F)c(F)c1)C(=O)N[C@H]2C(C)C. The molecule has 2 aromatic rings. The van der Waals surface area contributed by atoms with E-state index in [9.17, 15) is 28.0 Å². The number of halogens is 2. The second kappa shape index (κ2) is 13.3. The summed E-state index contributed by atoms with van der Waals surface area (Å²) in [5, 5.41) is 11.0. The lowest BCUT2D eigenvalue weighted by Gasteiger charge is -2.24. The molecule has 0 saturated carbocycles. The van der Waals surface area contributed by atoms with Crippen molar-refractivity contribution in [1.29, 1.82) is 0 Å². The topological polar surface area (TPSA) is 142 Å². The molecule has 0 unspecified atom stereocenters. The summed E-state index contributed by atoms with van der Waals surface area (Å²) in [5.74, 6) is -3.58. The molecule has 12 heteroatoms. The highest BCUT2D eigenvalue weighted by molar-refractivity contribution is 5.96. The van der Waals surface area contributed by atoms with Crippen LogP contribution in [-0.4, -0.2) is 47.2 Å². The summed E-state index contributed by atoms with van der Waals surface area (Å²) < 4.78 is 32.4. The van der Waals surface area contributed by atoms with E-state index in [2.05, 4.69) is 26.3 Å². The van der Waals surface area contributed by atoms with Crippen LogP contribution in [0.5, 0.6) is 0 Å². The smallest absolute Gasteiger partial charge is 0.274 e. The Balaban J connectivity index is 1.78. The molecule has 0 fully saturated rings. The zero-order valence-electron chi connectivity index (χ0n) is 22.5. The quantitative estimate of drug-likeness (QED) is 0.453. The van der Waals surface area contributed by atoms with Crippen LogP contribution in [0.15, 0.2) is 22.6 Å². The number of rotatable bonds is 5. The van der Waals surface area contributed by atoms with E-state index in [0.29, 0.717) is 31.4 Å². The van der Waals surface area contributed by atoms with Gasteiger partial charge in [0.25, 0.3) is 5.91 Å². The first-order valence-electron chi connectivity index (χ1n) is 13.1. The van der Waals surface area contributed by atoms with Crippen LogP contribution >= 0.6 is 0 Å². The first-order valence-corrected chi connectivity index (χ1v) is 13.1. The molecule has 0 aliphatic carbocycles. The van der Waals surface area contributed by atoms with Crippen molar-refractivity contribution in [3.8, 4) is 0 Å². The van der Waals surface area contributed by atoms with Gasteiger partial charge in [-0.3, -0.25) is 19.2 Å². The van der Waals surface area contributed by atoms with E-state index < -0.39 is 47.5 Å². The van der Waals surface area contributed by atoms with Crippen molar-refractivity contribution in [1.82, 2.24) is 26.3 Å². The Bertz CT molecular complexity index is 1220. The Hall–Kier alpha value is -3.83. The molecule has 0 saturated heterocycles. The lowest BCUT2D eigenvalue weighted by atomic mass is 10.0. The molecule has 1 aliphatic rings. The van der Waals surface area contributed by atoms with Gasteiger partial charge in [-0.1, -0.05) is 19.9 Å². The monoisotopic (exact) mass is 547 g/mol. The van der Waals surface area contributed by atoms with Crippen molar-refractivity contribution < 1.29 is 32.4 Å². The molecule has 39 heavy (non-hydrogen) atoms. The van der Waals surface area contributed by atoms with E-state index in [4.69, 9.17) is 4.42 Å². The number of benzene rings is 1. The number of nitrogens with one attached hydrogen (secondary N) is 4. The molecule has 3 rings (SSSR count). The minimum atomic E-state index is -0.992. The third-order valence-electron chi connectivity index (χ3n) is 6.49. The molecule has 212 valence electrons. The van der Waals surface area contributed by atoms with Crippen LogP contribution in [0.2, 0.25) is 0 Å². The third-order valence-corrected chi connectivity index (χ3v) is 6.49. The number of carbonyl (C=O) groups is 4. The molecule has 1 aliphatic heterocycles. The van der Waals surface area contributed by atoms with Crippen molar-refractivity contribution in [2.75, 3.05) is 6.54 Å². The Morgan fingerprint density at radius 2 is 1.87 bits per heavy atom. The highest BCUT2D eigenvalue weighted by Crippen LogP contribution is 2.24. The van der Waals surface area contributed by atoms with Crippen LogP contribution < -0.4 is 21.3 Å². The highest BCUT2D eigenvalue weighted by Gasteiger charge is 2.31. The minimum Gasteiger partial charge on any atom is -0.443 e. The second-order valence-electron chi connectivity index (χ2n) is 10.0. The summed E-state index contributed by atoms with van der Waals surface area (Å²) in [6.07, 6.45) is 1.47. The van der Waals surface area contributed by atoms with Gasteiger partial charge >= 0.3 is 0 Å². The molecule has 3 atom stereocenters. The van der Waals surface area contributed by atoms with Crippen LogP contribution in [-0.2, 0) is 20.8 Å². The number of fused-ring (bicyclic) bond motifs is 2. The fourth-order valence-corrected chi connectivity index (χ4v) is 4.19. The summed E-state index contributed by atoms with van der Waals surface area (Å²) in [7, 11) is 0. The normalized spacial score (nSPS) is 21.2. The predicted molar refractivity (Wildman–Crippen MR) is 137 cm³/mol. The van der Waals surface area contributed by atoms with E-state index in [1.165, 1.54) is 6.07 Å². The number of amides is 4. The molecule has 0 spiro atoms. The van der Waals surface area contributed by atoms with E-state index in [-0.39, 0.29) is 42.0 Å². The molecule has 2 heterocycles. The van der Waals surface area contributed by atoms with Crippen molar-refractivity contribution in [3.05, 3.63) is 52.7 Å². The maximum atomic E-state index is 13.5. The van der Waals surface area contributed by atoms with Gasteiger partial charge in [-0.05, 0) is 63.1 Å². The number of nitrogens with zero attached hydrogens (tertiary/aromatic N) is 1. The maximum Gasteiger partial charge on any atom is 0.274 e. The Morgan fingerprint density at radius 3 is 2.56 bits per heavy atom. The summed E-state index contributed by atoms with van der Waals surface area (Å²) >= 11 is 0. The molecule has 1 aromatic carbocycles. The van der Waals surface area contributed by atoms with Gasteiger partial charge in [0.2, 0.25) is 23.6 Å². The van der Waals surface area contributed by atoms with Crippen LogP contribution in [0.1, 0.15) is 80.2 Å². The van der Waals surface area contributed by atoms with Gasteiger partial charge in [0.15, 0.2) is 17.3 Å². The maximum absolute atomic E-state index is 13.5.